The highest BCUT2D eigenvalue weighted by Gasteiger charge is 2.54. The van der Waals surface area contributed by atoms with Crippen LogP contribution in [0.1, 0.15) is 31.3 Å². The number of nitrogens with one attached hydrogen (secondary N) is 1. The molecule has 11 nitrogen and oxygen atoms in total. The van der Waals surface area contributed by atoms with Gasteiger partial charge in [0.2, 0.25) is 0 Å². The lowest BCUT2D eigenvalue weighted by molar-refractivity contribution is -0.209. The lowest BCUT2D eigenvalue weighted by Gasteiger charge is -2.30. The number of aromatic nitrogens is 6. The van der Waals surface area contributed by atoms with E-state index in [1.54, 1.807) is 0 Å². The molecule has 34 heavy (non-hydrogen) atoms. The Labute approximate surface area is 199 Å². The van der Waals surface area contributed by atoms with Gasteiger partial charge in [0.1, 0.15) is 23.6 Å². The van der Waals surface area contributed by atoms with E-state index in [-0.39, 0.29) is 18.2 Å². The average molecular weight is 471 g/mol. The van der Waals surface area contributed by atoms with Crippen molar-refractivity contribution >= 4 is 0 Å². The molecule has 5 heterocycles. The van der Waals surface area contributed by atoms with Gasteiger partial charge >= 0.3 is 0 Å². The van der Waals surface area contributed by atoms with E-state index in [4.69, 9.17) is 14.2 Å². The lowest BCUT2D eigenvalue weighted by atomic mass is 10.1. The molecule has 2 fully saturated rings. The summed E-state index contributed by atoms with van der Waals surface area (Å²) in [5, 5.41) is 3.65. The van der Waals surface area contributed by atoms with Crippen molar-refractivity contribution in [3.05, 3.63) is 54.7 Å². The third-order valence-corrected chi connectivity index (χ3v) is 6.58. The van der Waals surface area contributed by atoms with Crippen molar-refractivity contribution in [2.24, 2.45) is 21.1 Å². The predicted octanol–water partition coefficient (Wildman–Crippen LogP) is 0.924. The molecule has 0 aliphatic carbocycles. The van der Waals surface area contributed by atoms with Crippen LogP contribution in [0.5, 0.6) is 0 Å². The first-order chi connectivity index (χ1) is 16.3. The molecule has 2 saturated heterocycles. The largest absolute Gasteiger partial charge is 0.343 e. The molecule has 0 amide bonds. The summed E-state index contributed by atoms with van der Waals surface area (Å²) >= 11 is 0. The number of aryl methyl sites for hydroxylation is 3. The zero-order valence-corrected chi connectivity index (χ0v) is 20.5. The van der Waals surface area contributed by atoms with Gasteiger partial charge in [-0.2, -0.15) is 0 Å². The van der Waals surface area contributed by atoms with E-state index in [9.17, 15) is 0 Å². The molecule has 0 unspecified atom stereocenters. The second-order valence-electron chi connectivity index (χ2n) is 9.58. The van der Waals surface area contributed by atoms with Gasteiger partial charge < -0.3 is 33.2 Å². The van der Waals surface area contributed by atoms with Gasteiger partial charge in [-0.05, 0) is 13.8 Å². The summed E-state index contributed by atoms with van der Waals surface area (Å²) in [5.74, 6) is 2.25. The van der Waals surface area contributed by atoms with Crippen molar-refractivity contribution in [2.45, 2.75) is 63.8 Å². The third-order valence-electron chi connectivity index (χ3n) is 6.58. The van der Waals surface area contributed by atoms with Gasteiger partial charge in [-0.1, -0.05) is 0 Å². The molecule has 0 aromatic carbocycles. The maximum Gasteiger partial charge on any atom is 0.189 e. The minimum Gasteiger partial charge on any atom is -0.343 e. The maximum atomic E-state index is 6.43. The second kappa shape index (κ2) is 9.23. The molecule has 3 aromatic heterocycles. The Morgan fingerprint density at radius 1 is 0.882 bits per heavy atom. The Morgan fingerprint density at radius 2 is 1.44 bits per heavy atom. The monoisotopic (exact) mass is 470 g/mol. The molecule has 0 saturated carbocycles. The van der Waals surface area contributed by atoms with E-state index < -0.39 is 12.1 Å². The number of hydrogen-bond donors (Lipinski definition) is 1. The Kier molecular flexibility index (Phi) is 6.30. The highest BCUT2D eigenvalue weighted by Crippen LogP contribution is 2.38. The topological polar surface area (TPSA) is 96.4 Å². The molecule has 184 valence electrons. The van der Waals surface area contributed by atoms with Crippen LogP contribution in [0.4, 0.5) is 0 Å². The number of fused-ring (bicyclic) bond motifs is 1. The van der Waals surface area contributed by atoms with Gasteiger partial charge in [0.25, 0.3) is 0 Å². The summed E-state index contributed by atoms with van der Waals surface area (Å²) in [6.07, 6.45) is 10.6. The van der Waals surface area contributed by atoms with Crippen LogP contribution in [0.3, 0.4) is 0 Å². The van der Waals surface area contributed by atoms with Crippen LogP contribution in [0.2, 0.25) is 0 Å². The molecule has 0 spiro atoms. The van der Waals surface area contributed by atoms with E-state index in [0.29, 0.717) is 26.2 Å². The second-order valence-corrected chi connectivity index (χ2v) is 9.58. The number of imidazole rings is 3. The first-order valence-corrected chi connectivity index (χ1v) is 11.6. The number of rotatable bonds is 9. The first-order valence-electron chi connectivity index (χ1n) is 11.6. The standard InChI is InChI=1S/C23H34N8O3/c1-23(2)33-21-20(27-12-17-24-6-9-28(17)3)16(32-22(21)34-23)13-31(14-18-25-7-10-29(18)4)15-19-26-8-11-30(19)5/h6-11,16,20-22,27H,12-15H2,1-5H3/t16-,20-,21-,22-/m1/s1. The van der Waals surface area contributed by atoms with Gasteiger partial charge in [-0.15, -0.1) is 0 Å². The summed E-state index contributed by atoms with van der Waals surface area (Å²) in [6, 6.07) is -0.0614. The molecule has 1 N–H and O–H groups in total. The minimum atomic E-state index is -0.678. The van der Waals surface area contributed by atoms with Crippen LogP contribution in [-0.4, -0.2) is 70.4 Å². The summed E-state index contributed by atoms with van der Waals surface area (Å²) in [5.41, 5.74) is 0. The summed E-state index contributed by atoms with van der Waals surface area (Å²) in [6.45, 7) is 6.47. The Balaban J connectivity index is 1.35. The van der Waals surface area contributed by atoms with Crippen LogP contribution in [-0.2, 0) is 55.0 Å². The molecule has 5 rings (SSSR count). The molecule has 2 aliphatic rings. The Hall–Kier alpha value is -2.57. The van der Waals surface area contributed by atoms with E-state index in [1.165, 1.54) is 0 Å². The minimum absolute atomic E-state index is 0.0614. The van der Waals surface area contributed by atoms with Crippen molar-refractivity contribution in [3.8, 4) is 0 Å². The molecular formula is C23H34N8O3. The van der Waals surface area contributed by atoms with Gasteiger partial charge in [0.15, 0.2) is 12.1 Å². The predicted molar refractivity (Wildman–Crippen MR) is 123 cm³/mol. The average Bonchev–Trinajstić information content (AvgIpc) is 3.57. The fraction of sp³-hybridized carbons (Fsp3) is 0.609. The van der Waals surface area contributed by atoms with E-state index in [1.807, 2.05) is 85.9 Å². The molecule has 4 atom stereocenters. The summed E-state index contributed by atoms with van der Waals surface area (Å²) in [4.78, 5) is 15.8. The number of ether oxygens (including phenoxy) is 3. The van der Waals surface area contributed by atoms with Crippen LogP contribution in [0, 0.1) is 0 Å². The van der Waals surface area contributed by atoms with Crippen LogP contribution in [0.25, 0.3) is 0 Å². The first kappa shape index (κ1) is 23.2. The highest BCUT2D eigenvalue weighted by atomic mass is 16.8. The normalized spacial score (nSPS) is 25.9. The van der Waals surface area contributed by atoms with E-state index >= 15 is 0 Å². The van der Waals surface area contributed by atoms with Crippen molar-refractivity contribution in [2.75, 3.05) is 6.54 Å². The van der Waals surface area contributed by atoms with Crippen molar-refractivity contribution < 1.29 is 14.2 Å². The van der Waals surface area contributed by atoms with E-state index in [0.717, 1.165) is 17.5 Å². The van der Waals surface area contributed by atoms with Crippen molar-refractivity contribution in [3.63, 3.8) is 0 Å². The highest BCUT2D eigenvalue weighted by molar-refractivity contribution is 5.02. The summed E-state index contributed by atoms with van der Waals surface area (Å²) < 4.78 is 24.9. The van der Waals surface area contributed by atoms with E-state index in [2.05, 4.69) is 25.2 Å². The zero-order valence-electron chi connectivity index (χ0n) is 20.5. The van der Waals surface area contributed by atoms with Crippen molar-refractivity contribution in [1.29, 1.82) is 0 Å². The van der Waals surface area contributed by atoms with Gasteiger partial charge in [0.05, 0.1) is 31.8 Å². The van der Waals surface area contributed by atoms with Crippen molar-refractivity contribution in [1.82, 2.24) is 38.9 Å². The molecule has 0 radical (unpaired) electrons. The smallest absolute Gasteiger partial charge is 0.189 e. The fourth-order valence-corrected chi connectivity index (χ4v) is 4.69. The SMILES string of the molecule is Cn1ccnc1CN[C@H]1[C@H]2OC(C)(C)O[C@H]2O[C@@H]1CN(Cc1nccn1C)Cc1nccn1C. The van der Waals surface area contributed by atoms with Gasteiger partial charge in [-0.25, -0.2) is 15.0 Å². The lowest BCUT2D eigenvalue weighted by Crippen LogP contribution is -2.49. The maximum absolute atomic E-state index is 6.43. The Morgan fingerprint density at radius 3 is 1.97 bits per heavy atom. The molecule has 3 aromatic rings. The molecular weight excluding hydrogens is 436 g/mol. The quantitative estimate of drug-likeness (QED) is 0.493. The van der Waals surface area contributed by atoms with Crippen LogP contribution in [0.15, 0.2) is 37.2 Å². The molecule has 11 heteroatoms. The number of nitrogens with zero attached hydrogens (tertiary/aromatic N) is 7. The van der Waals surface area contributed by atoms with Gasteiger partial charge in [0, 0.05) is 64.9 Å². The third kappa shape index (κ3) is 4.80. The van der Waals surface area contributed by atoms with Crippen LogP contribution >= 0.6 is 0 Å². The molecule has 0 bridgehead atoms. The van der Waals surface area contributed by atoms with Crippen LogP contribution < -0.4 is 5.32 Å². The molecule has 2 aliphatic heterocycles. The fourth-order valence-electron chi connectivity index (χ4n) is 4.69. The summed E-state index contributed by atoms with van der Waals surface area (Å²) in [7, 11) is 6.02. The van der Waals surface area contributed by atoms with Gasteiger partial charge in [-0.3, -0.25) is 4.90 Å². The number of hydrogen-bond acceptors (Lipinski definition) is 8. The zero-order chi connectivity index (χ0) is 23.9. The Bertz CT molecular complexity index is 1060.